The van der Waals surface area contributed by atoms with Crippen LogP contribution < -0.4 is 15.5 Å². The number of fused-ring (bicyclic) bond motifs is 1. The van der Waals surface area contributed by atoms with E-state index in [-0.39, 0.29) is 24.5 Å². The first-order valence-corrected chi connectivity index (χ1v) is 16.7. The summed E-state index contributed by atoms with van der Waals surface area (Å²) in [4.78, 5) is 47.0. The molecule has 0 bridgehead atoms. The number of methoxy groups -OCH3 is 1. The fraction of sp³-hybridized carbons (Fsp3) is 0.500. The summed E-state index contributed by atoms with van der Waals surface area (Å²) >= 11 is 6.54. The first kappa shape index (κ1) is 33.1. The largest absolute Gasteiger partial charge is 0.394 e. The molecule has 0 spiro atoms. The molecule has 2 atom stereocenters. The van der Waals surface area contributed by atoms with E-state index in [0.717, 1.165) is 63.2 Å². The lowest BCUT2D eigenvalue weighted by Gasteiger charge is -2.33. The molecule has 2 fully saturated rings. The SMILES string of the molecule is CO[C@H]1CC[C@H](Nc2ncc(Cl)c(-c3ccc4c(c3)C(=O)N(C(C)C(=O)NC(CO)c3cccc(N5CCN(C)CC5)n3)C4)n2)CC1. The zero-order chi connectivity index (χ0) is 33.1. The first-order chi connectivity index (χ1) is 22.7. The average Bonchev–Trinajstić information content (AvgIpc) is 3.43. The summed E-state index contributed by atoms with van der Waals surface area (Å²) in [7, 11) is 3.85. The van der Waals surface area contributed by atoms with E-state index >= 15 is 0 Å². The minimum absolute atomic E-state index is 0.250. The van der Waals surface area contributed by atoms with Gasteiger partial charge in [-0.1, -0.05) is 29.8 Å². The number of hydrogen-bond donors (Lipinski definition) is 3. The van der Waals surface area contributed by atoms with Gasteiger partial charge in [0.05, 0.1) is 41.4 Å². The number of carbonyl (C=O) groups excluding carboxylic acids is 2. The molecule has 1 aromatic carbocycles. The summed E-state index contributed by atoms with van der Waals surface area (Å²) in [6, 6.07) is 9.97. The van der Waals surface area contributed by atoms with Crippen LogP contribution in [0.1, 0.15) is 60.3 Å². The Morgan fingerprint density at radius 3 is 2.60 bits per heavy atom. The number of amides is 2. The molecular formula is C34H43ClN8O4. The van der Waals surface area contributed by atoms with Crippen molar-refractivity contribution in [3.05, 3.63) is 64.4 Å². The fourth-order valence-electron chi connectivity index (χ4n) is 6.54. The van der Waals surface area contributed by atoms with Gasteiger partial charge in [-0.25, -0.2) is 15.0 Å². The van der Waals surface area contributed by atoms with E-state index < -0.39 is 12.1 Å². The van der Waals surface area contributed by atoms with Crippen molar-refractivity contribution in [3.63, 3.8) is 0 Å². The summed E-state index contributed by atoms with van der Waals surface area (Å²) in [5.74, 6) is 0.689. The van der Waals surface area contributed by atoms with E-state index in [2.05, 4.69) is 32.5 Å². The average molecular weight is 663 g/mol. The Hall–Kier alpha value is -3.84. The Bertz CT molecular complexity index is 1590. The zero-order valence-corrected chi connectivity index (χ0v) is 27.9. The first-order valence-electron chi connectivity index (χ1n) is 16.3. The van der Waals surface area contributed by atoms with Gasteiger partial charge in [0.25, 0.3) is 5.91 Å². The number of hydrogen-bond acceptors (Lipinski definition) is 10. The number of anilines is 2. The molecule has 12 nitrogen and oxygen atoms in total. The summed E-state index contributed by atoms with van der Waals surface area (Å²) < 4.78 is 5.48. The summed E-state index contributed by atoms with van der Waals surface area (Å²) in [6.07, 6.45) is 5.77. The molecule has 2 aliphatic heterocycles. The predicted octanol–water partition coefficient (Wildman–Crippen LogP) is 3.51. The molecule has 47 heavy (non-hydrogen) atoms. The van der Waals surface area contributed by atoms with Gasteiger partial charge in [-0.2, -0.15) is 0 Å². The van der Waals surface area contributed by atoms with Crippen molar-refractivity contribution in [2.75, 3.05) is 57.2 Å². The van der Waals surface area contributed by atoms with Crippen LogP contribution in [0.4, 0.5) is 11.8 Å². The number of benzene rings is 1. The Morgan fingerprint density at radius 2 is 1.87 bits per heavy atom. The molecule has 3 N–H and O–H groups in total. The number of carbonyl (C=O) groups is 2. The maximum absolute atomic E-state index is 13.6. The molecule has 1 saturated heterocycles. The van der Waals surface area contributed by atoms with Crippen LogP contribution in [0.25, 0.3) is 11.3 Å². The van der Waals surface area contributed by atoms with Gasteiger partial charge in [0.2, 0.25) is 11.9 Å². The monoisotopic (exact) mass is 662 g/mol. The molecule has 4 heterocycles. The van der Waals surface area contributed by atoms with Crippen LogP contribution in [-0.2, 0) is 16.1 Å². The van der Waals surface area contributed by atoms with Crippen molar-refractivity contribution >= 4 is 35.2 Å². The number of nitrogens with one attached hydrogen (secondary N) is 2. The molecule has 1 saturated carbocycles. The zero-order valence-electron chi connectivity index (χ0n) is 27.2. The van der Waals surface area contributed by atoms with Gasteiger partial charge in [0, 0.05) is 57.0 Å². The molecule has 2 amide bonds. The van der Waals surface area contributed by atoms with E-state index in [0.29, 0.717) is 46.1 Å². The standard InChI is InChI=1S/C34H43ClN8O4/c1-21(32(45)39-29(20-44)28-5-4-6-30(38-28)42-15-13-41(2)14-16-42)43-19-23-8-7-22(17-26(23)33(43)46)31-27(35)18-36-34(40-31)37-24-9-11-25(47-3)12-10-24/h4-8,17-18,21,24-25,29,44H,9-16,19-20H2,1-3H3,(H,39,45)(H,36,37,40)/t21?,24-,25-,29?. The third kappa shape index (κ3) is 7.35. The minimum Gasteiger partial charge on any atom is -0.394 e. The van der Waals surface area contributed by atoms with Crippen LogP contribution >= 0.6 is 11.6 Å². The van der Waals surface area contributed by atoms with Crippen LogP contribution in [0.3, 0.4) is 0 Å². The van der Waals surface area contributed by atoms with E-state index in [1.807, 2.05) is 24.3 Å². The van der Waals surface area contributed by atoms with Crippen molar-refractivity contribution in [3.8, 4) is 11.3 Å². The third-order valence-corrected chi connectivity index (χ3v) is 9.86. The van der Waals surface area contributed by atoms with Crippen LogP contribution in [0, 0.1) is 0 Å². The topological polar surface area (TPSA) is 136 Å². The normalized spacial score (nSPS) is 21.3. The van der Waals surface area contributed by atoms with Gasteiger partial charge in [-0.15, -0.1) is 0 Å². The van der Waals surface area contributed by atoms with Crippen LogP contribution in [0.5, 0.6) is 0 Å². The van der Waals surface area contributed by atoms with Gasteiger partial charge in [-0.05, 0) is 63.4 Å². The van der Waals surface area contributed by atoms with E-state index in [9.17, 15) is 14.7 Å². The summed E-state index contributed by atoms with van der Waals surface area (Å²) in [6.45, 7) is 5.27. The second kappa shape index (κ2) is 14.5. The van der Waals surface area contributed by atoms with Crippen molar-refractivity contribution < 1.29 is 19.4 Å². The maximum atomic E-state index is 13.6. The van der Waals surface area contributed by atoms with Crippen molar-refractivity contribution in [1.82, 2.24) is 30.1 Å². The Kier molecular flexibility index (Phi) is 10.2. The number of piperazine rings is 1. The predicted molar refractivity (Wildman–Crippen MR) is 180 cm³/mol. The van der Waals surface area contributed by atoms with E-state index in [4.69, 9.17) is 26.3 Å². The molecule has 250 valence electrons. The lowest BCUT2D eigenvalue weighted by Crippen LogP contribution is -2.47. The van der Waals surface area contributed by atoms with Crippen molar-refractivity contribution in [2.24, 2.45) is 0 Å². The van der Waals surface area contributed by atoms with Crippen LogP contribution in [0.2, 0.25) is 5.02 Å². The second-order valence-electron chi connectivity index (χ2n) is 12.7. The number of aliphatic hydroxyl groups excluding tert-OH is 1. The Balaban J connectivity index is 1.12. The molecule has 1 aliphatic carbocycles. The third-order valence-electron chi connectivity index (χ3n) is 9.59. The van der Waals surface area contributed by atoms with Crippen LogP contribution in [-0.4, -0.2) is 107 Å². The highest BCUT2D eigenvalue weighted by molar-refractivity contribution is 6.33. The van der Waals surface area contributed by atoms with Gasteiger partial charge < -0.3 is 35.2 Å². The number of aromatic nitrogens is 3. The number of nitrogens with zero attached hydrogens (tertiary/aromatic N) is 6. The number of pyridine rings is 1. The van der Waals surface area contributed by atoms with Crippen molar-refractivity contribution in [1.29, 1.82) is 0 Å². The summed E-state index contributed by atoms with van der Waals surface area (Å²) in [5, 5.41) is 16.9. The highest BCUT2D eigenvalue weighted by Crippen LogP contribution is 2.33. The number of aliphatic hydroxyl groups is 1. The Morgan fingerprint density at radius 1 is 1.11 bits per heavy atom. The maximum Gasteiger partial charge on any atom is 0.255 e. The second-order valence-corrected chi connectivity index (χ2v) is 13.1. The number of ether oxygens (including phenoxy) is 1. The molecule has 2 aromatic heterocycles. The molecular weight excluding hydrogens is 620 g/mol. The summed E-state index contributed by atoms with van der Waals surface area (Å²) in [5.41, 5.74) is 3.12. The van der Waals surface area contributed by atoms with Gasteiger partial charge in [0.15, 0.2) is 0 Å². The number of likely N-dealkylation sites (N-methyl/N-ethyl adjacent to an activating group) is 1. The molecule has 0 radical (unpaired) electrons. The highest BCUT2D eigenvalue weighted by Gasteiger charge is 2.35. The van der Waals surface area contributed by atoms with Gasteiger partial charge >= 0.3 is 0 Å². The Labute approximate surface area is 280 Å². The van der Waals surface area contributed by atoms with Crippen molar-refractivity contribution in [2.45, 2.75) is 63.4 Å². The smallest absolute Gasteiger partial charge is 0.255 e. The molecule has 6 rings (SSSR count). The molecule has 13 heteroatoms. The number of halogens is 1. The van der Waals surface area contributed by atoms with Crippen LogP contribution in [0.15, 0.2) is 42.6 Å². The molecule has 3 aliphatic rings. The van der Waals surface area contributed by atoms with Gasteiger partial charge in [0.1, 0.15) is 11.9 Å². The lowest BCUT2D eigenvalue weighted by atomic mass is 9.93. The highest BCUT2D eigenvalue weighted by atomic mass is 35.5. The lowest BCUT2D eigenvalue weighted by molar-refractivity contribution is -0.126. The molecule has 2 unspecified atom stereocenters. The van der Waals surface area contributed by atoms with E-state index in [1.54, 1.807) is 32.4 Å². The fourth-order valence-corrected chi connectivity index (χ4v) is 6.74. The van der Waals surface area contributed by atoms with Gasteiger partial charge in [-0.3, -0.25) is 9.59 Å². The molecule has 3 aromatic rings. The van der Waals surface area contributed by atoms with E-state index in [1.165, 1.54) is 4.90 Å². The minimum atomic E-state index is -0.778. The number of rotatable bonds is 10. The quantitative estimate of drug-likeness (QED) is 0.296.